The number of benzene rings is 2. The SMILES string of the molecule is O=C1C(=O)N(CCOc2ccccc2F)c2ccccc21. The number of hydrogen-bond acceptors (Lipinski definition) is 3. The van der Waals surface area contributed by atoms with Crippen molar-refractivity contribution >= 4 is 17.4 Å². The van der Waals surface area contributed by atoms with Crippen LogP contribution in [0.5, 0.6) is 5.75 Å². The lowest BCUT2D eigenvalue weighted by molar-refractivity contribution is -0.114. The Hall–Kier alpha value is -2.69. The van der Waals surface area contributed by atoms with E-state index >= 15 is 0 Å². The van der Waals surface area contributed by atoms with E-state index < -0.39 is 17.5 Å². The Labute approximate surface area is 120 Å². The fourth-order valence-electron chi connectivity index (χ4n) is 2.28. The zero-order valence-corrected chi connectivity index (χ0v) is 11.1. The van der Waals surface area contributed by atoms with Crippen LogP contribution in [-0.4, -0.2) is 24.8 Å². The van der Waals surface area contributed by atoms with E-state index in [1.54, 1.807) is 36.4 Å². The zero-order valence-electron chi connectivity index (χ0n) is 11.1. The number of rotatable bonds is 4. The molecule has 0 fully saturated rings. The van der Waals surface area contributed by atoms with Crippen LogP contribution >= 0.6 is 0 Å². The highest BCUT2D eigenvalue weighted by molar-refractivity contribution is 6.52. The van der Waals surface area contributed by atoms with Crippen LogP contribution in [0.15, 0.2) is 48.5 Å². The van der Waals surface area contributed by atoms with Crippen LogP contribution in [0.3, 0.4) is 0 Å². The maximum atomic E-state index is 13.4. The van der Waals surface area contributed by atoms with Gasteiger partial charge in [0.2, 0.25) is 0 Å². The van der Waals surface area contributed by atoms with Gasteiger partial charge in [0.05, 0.1) is 17.8 Å². The van der Waals surface area contributed by atoms with E-state index in [0.717, 1.165) is 0 Å². The van der Waals surface area contributed by atoms with E-state index in [2.05, 4.69) is 0 Å². The van der Waals surface area contributed by atoms with Crippen LogP contribution in [0.1, 0.15) is 10.4 Å². The molecule has 0 radical (unpaired) electrons. The number of carbonyl (C=O) groups is 2. The quantitative estimate of drug-likeness (QED) is 0.811. The molecule has 0 aromatic heterocycles. The van der Waals surface area contributed by atoms with Gasteiger partial charge in [0.25, 0.3) is 11.7 Å². The largest absolute Gasteiger partial charge is 0.489 e. The molecule has 1 amide bonds. The summed E-state index contributed by atoms with van der Waals surface area (Å²) in [5.74, 6) is -1.42. The van der Waals surface area contributed by atoms with Crippen LogP contribution < -0.4 is 9.64 Å². The van der Waals surface area contributed by atoms with Crippen molar-refractivity contribution in [1.82, 2.24) is 0 Å². The van der Waals surface area contributed by atoms with Crippen molar-refractivity contribution in [3.63, 3.8) is 0 Å². The number of fused-ring (bicyclic) bond motifs is 1. The minimum atomic E-state index is -0.576. The predicted octanol–water partition coefficient (Wildman–Crippen LogP) is 2.43. The lowest BCUT2D eigenvalue weighted by atomic mass is 10.1. The van der Waals surface area contributed by atoms with Crippen molar-refractivity contribution in [3.8, 4) is 5.75 Å². The Morgan fingerprint density at radius 1 is 1.00 bits per heavy atom. The Morgan fingerprint density at radius 2 is 1.71 bits per heavy atom. The predicted molar refractivity (Wildman–Crippen MR) is 75.0 cm³/mol. The van der Waals surface area contributed by atoms with Crippen molar-refractivity contribution in [3.05, 3.63) is 59.9 Å². The zero-order chi connectivity index (χ0) is 14.8. The Bertz CT molecular complexity index is 714. The highest BCUT2D eigenvalue weighted by Crippen LogP contribution is 2.28. The highest BCUT2D eigenvalue weighted by atomic mass is 19.1. The maximum absolute atomic E-state index is 13.4. The standard InChI is InChI=1S/C16H12FNO3/c17-12-6-2-4-8-14(12)21-10-9-18-13-7-3-1-5-11(13)15(19)16(18)20/h1-8H,9-10H2. The average Bonchev–Trinajstić information content (AvgIpc) is 2.74. The number of ether oxygens (including phenoxy) is 1. The Balaban J connectivity index is 1.70. The minimum Gasteiger partial charge on any atom is -0.489 e. The maximum Gasteiger partial charge on any atom is 0.299 e. The van der Waals surface area contributed by atoms with Crippen LogP contribution in [0.25, 0.3) is 0 Å². The first-order valence-electron chi connectivity index (χ1n) is 6.51. The monoisotopic (exact) mass is 285 g/mol. The van der Waals surface area contributed by atoms with E-state index in [4.69, 9.17) is 4.74 Å². The number of hydrogen-bond donors (Lipinski definition) is 0. The molecule has 4 nitrogen and oxygen atoms in total. The number of ketones is 1. The molecule has 0 unspecified atom stereocenters. The number of para-hydroxylation sites is 2. The third-order valence-electron chi connectivity index (χ3n) is 3.29. The number of Topliss-reactive ketones (excluding diaryl/α,β-unsaturated/α-hetero) is 1. The van der Waals surface area contributed by atoms with Gasteiger partial charge in [0.1, 0.15) is 6.61 Å². The molecule has 0 atom stereocenters. The van der Waals surface area contributed by atoms with Gasteiger partial charge in [-0.3, -0.25) is 9.59 Å². The molecule has 1 aliphatic heterocycles. The van der Waals surface area contributed by atoms with E-state index in [1.165, 1.54) is 17.0 Å². The summed E-state index contributed by atoms with van der Waals surface area (Å²) in [5, 5.41) is 0. The molecule has 1 heterocycles. The van der Waals surface area contributed by atoms with E-state index in [-0.39, 0.29) is 18.9 Å². The summed E-state index contributed by atoms with van der Waals surface area (Å²) < 4.78 is 18.7. The Morgan fingerprint density at radius 3 is 2.52 bits per heavy atom. The summed E-state index contributed by atoms with van der Waals surface area (Å²) >= 11 is 0. The van der Waals surface area contributed by atoms with Gasteiger partial charge in [-0.15, -0.1) is 0 Å². The summed E-state index contributed by atoms with van der Waals surface area (Å²) in [6.45, 7) is 0.296. The smallest absolute Gasteiger partial charge is 0.299 e. The molecule has 0 bridgehead atoms. The summed E-state index contributed by atoms with van der Waals surface area (Å²) in [4.78, 5) is 25.1. The normalized spacial score (nSPS) is 13.5. The van der Waals surface area contributed by atoms with Gasteiger partial charge in [-0.1, -0.05) is 24.3 Å². The molecule has 1 aliphatic rings. The second-order valence-corrected chi connectivity index (χ2v) is 4.58. The first-order chi connectivity index (χ1) is 10.2. The van der Waals surface area contributed by atoms with Gasteiger partial charge < -0.3 is 9.64 Å². The first-order valence-corrected chi connectivity index (χ1v) is 6.51. The van der Waals surface area contributed by atoms with Crippen molar-refractivity contribution in [2.45, 2.75) is 0 Å². The molecule has 21 heavy (non-hydrogen) atoms. The van der Waals surface area contributed by atoms with E-state index in [9.17, 15) is 14.0 Å². The topological polar surface area (TPSA) is 46.6 Å². The van der Waals surface area contributed by atoms with Crippen LogP contribution in [-0.2, 0) is 4.79 Å². The molecule has 0 spiro atoms. The third kappa shape index (κ3) is 2.38. The van der Waals surface area contributed by atoms with Crippen molar-refractivity contribution in [2.24, 2.45) is 0 Å². The molecule has 0 N–H and O–H groups in total. The molecule has 3 rings (SSSR count). The van der Waals surface area contributed by atoms with Crippen molar-refractivity contribution in [2.75, 3.05) is 18.1 Å². The number of halogens is 1. The summed E-state index contributed by atoms with van der Waals surface area (Å²) in [7, 11) is 0. The van der Waals surface area contributed by atoms with E-state index in [1.807, 2.05) is 0 Å². The molecule has 0 saturated heterocycles. The van der Waals surface area contributed by atoms with Gasteiger partial charge in [0, 0.05) is 0 Å². The van der Waals surface area contributed by atoms with E-state index in [0.29, 0.717) is 11.3 Å². The molecular formula is C16H12FNO3. The first kappa shape index (κ1) is 13.3. The second kappa shape index (κ2) is 5.36. The molecular weight excluding hydrogens is 273 g/mol. The number of carbonyl (C=O) groups excluding carboxylic acids is 2. The van der Waals surface area contributed by atoms with Crippen molar-refractivity contribution in [1.29, 1.82) is 0 Å². The molecule has 2 aromatic carbocycles. The van der Waals surface area contributed by atoms with Crippen molar-refractivity contribution < 1.29 is 18.7 Å². The number of amides is 1. The number of anilines is 1. The molecule has 5 heteroatoms. The van der Waals surface area contributed by atoms with Gasteiger partial charge >= 0.3 is 0 Å². The van der Waals surface area contributed by atoms with Crippen LogP contribution in [0.4, 0.5) is 10.1 Å². The number of nitrogens with zero attached hydrogens (tertiary/aromatic N) is 1. The highest BCUT2D eigenvalue weighted by Gasteiger charge is 2.35. The fourth-order valence-corrected chi connectivity index (χ4v) is 2.28. The third-order valence-corrected chi connectivity index (χ3v) is 3.29. The second-order valence-electron chi connectivity index (χ2n) is 4.58. The lowest BCUT2D eigenvalue weighted by Crippen LogP contribution is -2.33. The fraction of sp³-hybridized carbons (Fsp3) is 0.125. The lowest BCUT2D eigenvalue weighted by Gasteiger charge is -2.16. The van der Waals surface area contributed by atoms with Gasteiger partial charge in [-0.25, -0.2) is 4.39 Å². The summed E-state index contributed by atoms with van der Waals surface area (Å²) in [6, 6.07) is 12.8. The summed E-state index contributed by atoms with van der Waals surface area (Å²) in [5.41, 5.74) is 0.970. The summed E-state index contributed by atoms with van der Waals surface area (Å²) in [6.07, 6.45) is 0. The average molecular weight is 285 g/mol. The minimum absolute atomic E-state index is 0.105. The van der Waals surface area contributed by atoms with Gasteiger partial charge in [-0.05, 0) is 24.3 Å². The molecule has 0 aliphatic carbocycles. The molecule has 0 saturated carbocycles. The molecule has 2 aromatic rings. The molecule has 106 valence electrons. The van der Waals surface area contributed by atoms with Crippen LogP contribution in [0, 0.1) is 5.82 Å². The van der Waals surface area contributed by atoms with Gasteiger partial charge in [-0.2, -0.15) is 0 Å². The Kier molecular flexibility index (Phi) is 3.39. The van der Waals surface area contributed by atoms with Gasteiger partial charge in [0.15, 0.2) is 11.6 Å². The van der Waals surface area contributed by atoms with Crippen LogP contribution in [0.2, 0.25) is 0 Å².